The van der Waals surface area contributed by atoms with Crippen molar-refractivity contribution < 1.29 is 19.4 Å². The third kappa shape index (κ3) is 3.61. The standard InChI is InChI=1S/C14H20N2O4/c1-19-11-5-9(6-12(8-11)20-2)3-4-10-7-13(14(17)18)16-15-10/h5-6,8,10,13,15-16H,3-4,7H2,1-2H3,(H,17,18). The first-order valence-corrected chi connectivity index (χ1v) is 6.58. The van der Waals surface area contributed by atoms with E-state index in [9.17, 15) is 4.79 Å². The number of methoxy groups -OCH3 is 2. The van der Waals surface area contributed by atoms with E-state index in [1.807, 2.05) is 18.2 Å². The zero-order chi connectivity index (χ0) is 14.5. The Morgan fingerprint density at radius 2 is 1.90 bits per heavy atom. The van der Waals surface area contributed by atoms with Crippen molar-refractivity contribution >= 4 is 5.97 Å². The van der Waals surface area contributed by atoms with Gasteiger partial charge in [0.15, 0.2) is 0 Å². The number of hydrazine groups is 1. The number of aryl methyl sites for hydroxylation is 1. The summed E-state index contributed by atoms with van der Waals surface area (Å²) >= 11 is 0. The minimum Gasteiger partial charge on any atom is -0.497 e. The molecule has 0 spiro atoms. The van der Waals surface area contributed by atoms with Crippen LogP contribution in [0.4, 0.5) is 0 Å². The van der Waals surface area contributed by atoms with E-state index in [1.165, 1.54) is 0 Å². The predicted octanol–water partition coefficient (Wildman–Crippen LogP) is 0.956. The lowest BCUT2D eigenvalue weighted by Gasteiger charge is -2.11. The summed E-state index contributed by atoms with van der Waals surface area (Å²) in [4.78, 5) is 10.9. The van der Waals surface area contributed by atoms with Crippen LogP contribution in [0.1, 0.15) is 18.4 Å². The van der Waals surface area contributed by atoms with Crippen LogP contribution < -0.4 is 20.3 Å². The number of rotatable bonds is 6. The van der Waals surface area contributed by atoms with Crippen molar-refractivity contribution in [1.29, 1.82) is 0 Å². The third-order valence-electron chi connectivity index (χ3n) is 3.47. The highest BCUT2D eigenvalue weighted by atomic mass is 16.5. The van der Waals surface area contributed by atoms with Crippen LogP contribution in [0.15, 0.2) is 18.2 Å². The maximum absolute atomic E-state index is 10.9. The molecule has 0 aliphatic carbocycles. The van der Waals surface area contributed by atoms with Crippen molar-refractivity contribution in [2.24, 2.45) is 0 Å². The lowest BCUT2D eigenvalue weighted by atomic mass is 10.0. The number of benzene rings is 1. The summed E-state index contributed by atoms with van der Waals surface area (Å²) in [6.07, 6.45) is 2.28. The van der Waals surface area contributed by atoms with E-state index in [2.05, 4.69) is 10.9 Å². The van der Waals surface area contributed by atoms with Gasteiger partial charge >= 0.3 is 5.97 Å². The Morgan fingerprint density at radius 1 is 1.25 bits per heavy atom. The van der Waals surface area contributed by atoms with Crippen molar-refractivity contribution in [3.63, 3.8) is 0 Å². The largest absolute Gasteiger partial charge is 0.497 e. The average molecular weight is 280 g/mol. The lowest BCUT2D eigenvalue weighted by Crippen LogP contribution is -2.37. The van der Waals surface area contributed by atoms with Crippen molar-refractivity contribution in [3.05, 3.63) is 23.8 Å². The number of aliphatic carboxylic acids is 1. The third-order valence-corrected chi connectivity index (χ3v) is 3.47. The predicted molar refractivity (Wildman–Crippen MR) is 74.0 cm³/mol. The number of nitrogens with one attached hydrogen (secondary N) is 2. The van der Waals surface area contributed by atoms with E-state index in [0.29, 0.717) is 6.42 Å². The van der Waals surface area contributed by atoms with Crippen LogP contribution in [-0.2, 0) is 11.2 Å². The Kier molecular flexibility index (Phi) is 4.81. The number of hydrogen-bond acceptors (Lipinski definition) is 5. The maximum Gasteiger partial charge on any atom is 0.322 e. The highest BCUT2D eigenvalue weighted by Gasteiger charge is 2.28. The molecule has 2 unspecified atom stereocenters. The smallest absolute Gasteiger partial charge is 0.322 e. The molecule has 2 rings (SSSR count). The van der Waals surface area contributed by atoms with Crippen LogP contribution in [0, 0.1) is 0 Å². The zero-order valence-electron chi connectivity index (χ0n) is 11.7. The van der Waals surface area contributed by atoms with E-state index in [4.69, 9.17) is 14.6 Å². The van der Waals surface area contributed by atoms with E-state index in [-0.39, 0.29) is 6.04 Å². The molecule has 0 bridgehead atoms. The fourth-order valence-electron chi connectivity index (χ4n) is 2.32. The van der Waals surface area contributed by atoms with Gasteiger partial charge in [-0.15, -0.1) is 0 Å². The second-order valence-corrected chi connectivity index (χ2v) is 4.87. The monoisotopic (exact) mass is 280 g/mol. The summed E-state index contributed by atoms with van der Waals surface area (Å²) in [5.74, 6) is 0.712. The highest BCUT2D eigenvalue weighted by molar-refractivity contribution is 5.73. The van der Waals surface area contributed by atoms with Gasteiger partial charge in [0.2, 0.25) is 0 Å². The fraction of sp³-hybridized carbons (Fsp3) is 0.500. The topological polar surface area (TPSA) is 79.8 Å². The first-order valence-electron chi connectivity index (χ1n) is 6.58. The molecule has 1 heterocycles. The normalized spacial score (nSPS) is 21.7. The molecule has 1 aliphatic rings. The molecule has 0 saturated carbocycles. The summed E-state index contributed by atoms with van der Waals surface area (Å²) in [5.41, 5.74) is 6.92. The van der Waals surface area contributed by atoms with Crippen LogP contribution in [0.3, 0.4) is 0 Å². The minimum absolute atomic E-state index is 0.160. The molecule has 1 aromatic carbocycles. The van der Waals surface area contributed by atoms with Crippen molar-refractivity contribution in [2.45, 2.75) is 31.3 Å². The molecule has 110 valence electrons. The van der Waals surface area contributed by atoms with Crippen LogP contribution in [0.5, 0.6) is 11.5 Å². The molecule has 20 heavy (non-hydrogen) atoms. The average Bonchev–Trinajstić information content (AvgIpc) is 2.93. The molecule has 1 saturated heterocycles. The molecule has 1 fully saturated rings. The van der Waals surface area contributed by atoms with Crippen molar-refractivity contribution in [3.8, 4) is 11.5 Å². The summed E-state index contributed by atoms with van der Waals surface area (Å²) < 4.78 is 10.5. The second kappa shape index (κ2) is 6.58. The Morgan fingerprint density at radius 3 is 2.40 bits per heavy atom. The Bertz CT molecular complexity index is 456. The summed E-state index contributed by atoms with van der Waals surface area (Å²) in [6, 6.07) is 5.44. The fourth-order valence-corrected chi connectivity index (χ4v) is 2.32. The van der Waals surface area contributed by atoms with Gasteiger partial charge in [-0.2, -0.15) is 0 Å². The van der Waals surface area contributed by atoms with Gasteiger partial charge in [0.05, 0.1) is 14.2 Å². The molecule has 6 nitrogen and oxygen atoms in total. The maximum atomic E-state index is 10.9. The Labute approximate surface area is 118 Å². The second-order valence-electron chi connectivity index (χ2n) is 4.87. The quantitative estimate of drug-likeness (QED) is 0.720. The van der Waals surface area contributed by atoms with E-state index >= 15 is 0 Å². The molecule has 1 aromatic rings. The summed E-state index contributed by atoms with van der Waals surface area (Å²) in [7, 11) is 3.25. The molecule has 1 aliphatic heterocycles. The molecule has 6 heteroatoms. The molecule has 0 amide bonds. The van der Waals surface area contributed by atoms with Crippen LogP contribution in [0.2, 0.25) is 0 Å². The number of carbonyl (C=O) groups is 1. The summed E-state index contributed by atoms with van der Waals surface area (Å²) in [6.45, 7) is 0. The van der Waals surface area contributed by atoms with Crippen molar-refractivity contribution in [2.75, 3.05) is 14.2 Å². The van der Waals surface area contributed by atoms with E-state index in [0.717, 1.165) is 29.9 Å². The minimum atomic E-state index is -0.817. The van der Waals surface area contributed by atoms with Crippen molar-refractivity contribution in [1.82, 2.24) is 10.9 Å². The molecule has 2 atom stereocenters. The van der Waals surface area contributed by atoms with Gasteiger partial charge in [0, 0.05) is 12.1 Å². The number of carboxylic acids is 1. The number of carboxylic acid groups (broad SMARTS) is 1. The molecule has 0 radical (unpaired) electrons. The molecule has 3 N–H and O–H groups in total. The summed E-state index contributed by atoms with van der Waals surface area (Å²) in [5, 5.41) is 8.92. The number of ether oxygens (including phenoxy) is 2. The molecular formula is C14H20N2O4. The molecule has 0 aromatic heterocycles. The van der Waals surface area contributed by atoms with Gasteiger partial charge in [-0.3, -0.25) is 10.2 Å². The van der Waals surface area contributed by atoms with Crippen LogP contribution in [-0.4, -0.2) is 37.4 Å². The van der Waals surface area contributed by atoms with Gasteiger partial charge in [-0.1, -0.05) is 0 Å². The first kappa shape index (κ1) is 14.6. The van der Waals surface area contributed by atoms with E-state index < -0.39 is 12.0 Å². The van der Waals surface area contributed by atoms with Gasteiger partial charge in [0.25, 0.3) is 0 Å². The van der Waals surface area contributed by atoms with Crippen LogP contribution >= 0.6 is 0 Å². The first-order chi connectivity index (χ1) is 9.62. The van der Waals surface area contributed by atoms with Gasteiger partial charge < -0.3 is 14.6 Å². The SMILES string of the molecule is COc1cc(CCC2CC(C(=O)O)NN2)cc(OC)c1. The number of hydrogen-bond donors (Lipinski definition) is 3. The van der Waals surface area contributed by atoms with E-state index in [1.54, 1.807) is 14.2 Å². The molecular weight excluding hydrogens is 260 g/mol. The Balaban J connectivity index is 1.92. The zero-order valence-corrected chi connectivity index (χ0v) is 11.7. The lowest BCUT2D eigenvalue weighted by molar-refractivity contribution is -0.139. The van der Waals surface area contributed by atoms with Gasteiger partial charge in [-0.25, -0.2) is 5.43 Å². The highest BCUT2D eigenvalue weighted by Crippen LogP contribution is 2.24. The van der Waals surface area contributed by atoms with Gasteiger partial charge in [0.1, 0.15) is 17.5 Å². The van der Waals surface area contributed by atoms with Gasteiger partial charge in [-0.05, 0) is 37.0 Å². The van der Waals surface area contributed by atoms with Crippen LogP contribution in [0.25, 0.3) is 0 Å². The Hall–Kier alpha value is -1.79.